The molecule has 0 atom stereocenters. The summed E-state index contributed by atoms with van der Waals surface area (Å²) < 4.78 is 21.0. The molecule has 7 heteroatoms. The van der Waals surface area contributed by atoms with Gasteiger partial charge in [-0.2, -0.15) is 0 Å². The lowest BCUT2D eigenvalue weighted by Crippen LogP contribution is -2.17. The van der Waals surface area contributed by atoms with E-state index in [1.165, 1.54) is 12.1 Å². The van der Waals surface area contributed by atoms with E-state index in [4.69, 9.17) is 4.42 Å². The molecule has 0 saturated carbocycles. The van der Waals surface area contributed by atoms with Crippen molar-refractivity contribution in [2.24, 2.45) is 5.16 Å². The molecule has 5 aromatic rings. The Morgan fingerprint density at radius 1 is 1.03 bits per heavy atom. The van der Waals surface area contributed by atoms with Crippen molar-refractivity contribution < 1.29 is 14.0 Å². The first-order chi connectivity index (χ1) is 15.7. The number of aromatic nitrogens is 2. The highest BCUT2D eigenvalue weighted by Gasteiger charge is 2.09. The summed E-state index contributed by atoms with van der Waals surface area (Å²) >= 11 is 0. The topological polar surface area (TPSA) is 75.1 Å². The molecule has 6 nitrogen and oxygen atoms in total. The molecule has 32 heavy (non-hydrogen) atoms. The lowest BCUT2D eigenvalue weighted by Gasteiger charge is -2.08. The molecule has 0 fully saturated rings. The summed E-state index contributed by atoms with van der Waals surface area (Å²) in [4.78, 5) is 4.44. The Bertz CT molecular complexity index is 1450. The van der Waals surface area contributed by atoms with Crippen molar-refractivity contribution in [3.05, 3.63) is 102 Å². The van der Waals surface area contributed by atoms with Crippen molar-refractivity contribution in [3.8, 4) is 11.5 Å². The fraction of sp³-hybridized carbons (Fsp3) is 0.120. The van der Waals surface area contributed by atoms with E-state index in [1.54, 1.807) is 24.5 Å². The zero-order chi connectivity index (χ0) is 21.9. The maximum Gasteiger partial charge on any atom is 0.155 e. The molecule has 0 spiro atoms. The molecule has 0 amide bonds. The minimum atomic E-state index is -0.224. The Morgan fingerprint density at radius 2 is 1.88 bits per heavy atom. The number of nitrogens with one attached hydrogen (secondary N) is 1. The highest BCUT2D eigenvalue weighted by atomic mass is 19.1. The molecule has 0 aliphatic heterocycles. The van der Waals surface area contributed by atoms with Crippen molar-refractivity contribution in [3.63, 3.8) is 0 Å². The van der Waals surface area contributed by atoms with Gasteiger partial charge in [0.15, 0.2) is 5.76 Å². The van der Waals surface area contributed by atoms with Gasteiger partial charge in [0.2, 0.25) is 0 Å². The number of benzene rings is 2. The van der Waals surface area contributed by atoms with Crippen LogP contribution in [0.5, 0.6) is 0 Å². The first kappa shape index (κ1) is 20.0. The lowest BCUT2D eigenvalue weighted by molar-refractivity contribution is 0.302. The molecule has 0 bridgehead atoms. The van der Waals surface area contributed by atoms with Gasteiger partial charge in [-0.25, -0.2) is 9.37 Å². The van der Waals surface area contributed by atoms with E-state index >= 15 is 0 Å². The highest BCUT2D eigenvalue weighted by molar-refractivity contribution is 5.79. The van der Waals surface area contributed by atoms with Gasteiger partial charge in [0.1, 0.15) is 22.5 Å². The summed E-state index contributed by atoms with van der Waals surface area (Å²) in [6, 6.07) is 19.9. The predicted molar refractivity (Wildman–Crippen MR) is 120 cm³/mol. The zero-order valence-electron chi connectivity index (χ0n) is 17.2. The number of hydrogen-bond donors (Lipinski definition) is 2. The van der Waals surface area contributed by atoms with Crippen LogP contribution < -0.4 is 10.7 Å². The van der Waals surface area contributed by atoms with Crippen LogP contribution in [0.4, 0.5) is 4.39 Å². The van der Waals surface area contributed by atoms with Gasteiger partial charge in [0, 0.05) is 29.7 Å². The van der Waals surface area contributed by atoms with E-state index in [2.05, 4.69) is 15.5 Å². The zero-order valence-corrected chi connectivity index (χ0v) is 17.2. The maximum atomic E-state index is 13.0. The van der Waals surface area contributed by atoms with Crippen LogP contribution in [-0.2, 0) is 13.0 Å². The van der Waals surface area contributed by atoms with Crippen LogP contribution in [0, 0.1) is 5.82 Å². The van der Waals surface area contributed by atoms with Crippen molar-refractivity contribution in [2.75, 3.05) is 6.54 Å². The Hall–Kier alpha value is -3.97. The first-order valence-corrected chi connectivity index (χ1v) is 10.3. The quantitative estimate of drug-likeness (QED) is 0.237. The predicted octanol–water partition coefficient (Wildman–Crippen LogP) is 4.51. The SMILES string of the molecule is ON=c1cc(-c2cc3cccn3cn2)oc2ccc(CNCCc3ccc(F)cc3)cc12. The average molecular weight is 428 g/mol. The third-order valence-electron chi connectivity index (χ3n) is 5.42. The minimum absolute atomic E-state index is 0.224. The number of nitrogens with zero attached hydrogens (tertiary/aromatic N) is 3. The van der Waals surface area contributed by atoms with E-state index in [1.807, 2.05) is 47.0 Å². The van der Waals surface area contributed by atoms with Gasteiger partial charge in [0.25, 0.3) is 0 Å². The van der Waals surface area contributed by atoms with E-state index in [9.17, 15) is 9.60 Å². The van der Waals surface area contributed by atoms with Crippen LogP contribution in [-0.4, -0.2) is 21.1 Å². The van der Waals surface area contributed by atoms with Crippen molar-refractivity contribution >= 4 is 16.5 Å². The van der Waals surface area contributed by atoms with Crippen LogP contribution in [0.25, 0.3) is 27.9 Å². The molecule has 0 saturated heterocycles. The molecule has 0 aliphatic rings. The van der Waals surface area contributed by atoms with Gasteiger partial charge in [-0.15, -0.1) is 0 Å². The van der Waals surface area contributed by atoms with Crippen molar-refractivity contribution in [1.82, 2.24) is 14.7 Å². The van der Waals surface area contributed by atoms with Gasteiger partial charge < -0.3 is 19.3 Å². The second-order valence-corrected chi connectivity index (χ2v) is 7.59. The summed E-state index contributed by atoms with van der Waals surface area (Å²) in [6.45, 7) is 1.41. The standard InChI is InChI=1S/C25H21FN4O2/c26-19-6-3-17(4-7-19)9-10-27-15-18-5-8-24-21(12-18)22(29-31)14-25(32-24)23-13-20-2-1-11-30(20)16-28-23/h1-8,11-14,16,27,31H,9-10,15H2. The minimum Gasteiger partial charge on any atom is -0.454 e. The summed E-state index contributed by atoms with van der Waals surface area (Å²) in [6.07, 6.45) is 4.46. The van der Waals surface area contributed by atoms with Crippen LogP contribution in [0.2, 0.25) is 0 Å². The number of halogens is 1. The number of rotatable bonds is 6. The molecule has 3 aromatic heterocycles. The van der Waals surface area contributed by atoms with E-state index in [0.717, 1.165) is 35.0 Å². The Morgan fingerprint density at radius 3 is 2.72 bits per heavy atom. The average Bonchev–Trinajstić information content (AvgIpc) is 3.30. The molecule has 2 aromatic carbocycles. The van der Waals surface area contributed by atoms with Gasteiger partial charge in [-0.1, -0.05) is 23.4 Å². The largest absolute Gasteiger partial charge is 0.454 e. The maximum absolute atomic E-state index is 13.0. The molecule has 160 valence electrons. The lowest BCUT2D eigenvalue weighted by atomic mass is 10.1. The summed E-state index contributed by atoms with van der Waals surface area (Å²) in [5, 5.41) is 17.6. The molecule has 5 rings (SSSR count). The van der Waals surface area contributed by atoms with E-state index in [-0.39, 0.29) is 5.82 Å². The fourth-order valence-corrected chi connectivity index (χ4v) is 3.72. The van der Waals surface area contributed by atoms with E-state index < -0.39 is 0 Å². The normalized spacial score (nSPS) is 12.1. The highest BCUT2D eigenvalue weighted by Crippen LogP contribution is 2.22. The van der Waals surface area contributed by atoms with Crippen molar-refractivity contribution in [1.29, 1.82) is 0 Å². The molecule has 0 radical (unpaired) electrons. The number of hydrogen-bond acceptors (Lipinski definition) is 5. The Kier molecular flexibility index (Phi) is 5.39. The Labute approximate surface area is 183 Å². The second-order valence-electron chi connectivity index (χ2n) is 7.59. The van der Waals surface area contributed by atoms with Crippen LogP contribution in [0.3, 0.4) is 0 Å². The third-order valence-corrected chi connectivity index (χ3v) is 5.42. The Balaban J connectivity index is 1.35. The van der Waals surface area contributed by atoms with Crippen LogP contribution >= 0.6 is 0 Å². The molecule has 0 aliphatic carbocycles. The summed E-state index contributed by atoms with van der Waals surface area (Å²) in [7, 11) is 0. The van der Waals surface area contributed by atoms with E-state index in [0.29, 0.717) is 28.9 Å². The van der Waals surface area contributed by atoms with Crippen LogP contribution in [0.15, 0.2) is 88.8 Å². The summed E-state index contributed by atoms with van der Waals surface area (Å²) in [5.74, 6) is 0.303. The van der Waals surface area contributed by atoms with Gasteiger partial charge in [-0.3, -0.25) is 0 Å². The van der Waals surface area contributed by atoms with Crippen molar-refractivity contribution in [2.45, 2.75) is 13.0 Å². The smallest absolute Gasteiger partial charge is 0.155 e. The second kappa shape index (κ2) is 8.64. The molecule has 3 heterocycles. The first-order valence-electron chi connectivity index (χ1n) is 10.3. The third kappa shape index (κ3) is 4.10. The molecular formula is C25H21FN4O2. The monoisotopic (exact) mass is 428 g/mol. The molecule has 0 unspecified atom stereocenters. The van der Waals surface area contributed by atoms with Gasteiger partial charge in [-0.05, 0) is 66.6 Å². The van der Waals surface area contributed by atoms with Gasteiger partial charge >= 0.3 is 0 Å². The van der Waals surface area contributed by atoms with Crippen LogP contribution in [0.1, 0.15) is 11.1 Å². The molecule has 2 N–H and O–H groups in total. The fourth-order valence-electron chi connectivity index (χ4n) is 3.72. The van der Waals surface area contributed by atoms with Gasteiger partial charge in [0.05, 0.1) is 6.33 Å². The number of fused-ring (bicyclic) bond motifs is 2. The molecular weight excluding hydrogens is 407 g/mol. The summed E-state index contributed by atoms with van der Waals surface area (Å²) in [5.41, 5.74) is 4.39.